The monoisotopic (exact) mass is 479 g/mol. The van der Waals surface area contributed by atoms with Gasteiger partial charge in [-0.2, -0.15) is 0 Å². The van der Waals surface area contributed by atoms with Crippen LogP contribution in [-0.4, -0.2) is 44.8 Å². The van der Waals surface area contributed by atoms with Gasteiger partial charge in [0.1, 0.15) is 6.04 Å². The number of aryl methyl sites for hydroxylation is 1. The molecule has 1 heterocycles. The smallest absolute Gasteiger partial charge is 0.265 e. The maximum Gasteiger partial charge on any atom is 0.265 e. The molecule has 2 amide bonds. The van der Waals surface area contributed by atoms with Crippen molar-refractivity contribution >= 4 is 38.3 Å². The summed E-state index contributed by atoms with van der Waals surface area (Å²) in [6.07, 6.45) is 0.471. The Kier molecular flexibility index (Phi) is 6.61. The first-order chi connectivity index (χ1) is 16.3. The number of hydrogen-bond acceptors (Lipinski definition) is 4. The summed E-state index contributed by atoms with van der Waals surface area (Å²) in [6, 6.07) is 17.9. The molecule has 34 heavy (non-hydrogen) atoms. The first-order valence-corrected chi connectivity index (χ1v) is 12.8. The summed E-state index contributed by atoms with van der Waals surface area (Å²) >= 11 is 0. The molecule has 0 saturated heterocycles. The van der Waals surface area contributed by atoms with Crippen LogP contribution < -0.4 is 9.62 Å². The fourth-order valence-corrected chi connectivity index (χ4v) is 6.23. The van der Waals surface area contributed by atoms with E-state index < -0.39 is 16.1 Å². The van der Waals surface area contributed by atoms with Gasteiger partial charge >= 0.3 is 0 Å². The first-order valence-electron chi connectivity index (χ1n) is 11.4. The van der Waals surface area contributed by atoms with Gasteiger partial charge in [0.2, 0.25) is 11.8 Å². The number of likely N-dealkylation sites (N-methyl/N-ethyl adjacent to an activating group) is 1. The van der Waals surface area contributed by atoms with Gasteiger partial charge in [0, 0.05) is 31.9 Å². The average Bonchev–Trinajstić information content (AvgIpc) is 3.05. The maximum absolute atomic E-state index is 13.2. The fourth-order valence-electron chi connectivity index (χ4n) is 4.48. The number of carbonyl (C=O) groups excluding carboxylic acids is 2. The van der Waals surface area contributed by atoms with Crippen molar-refractivity contribution in [3.8, 4) is 0 Å². The number of hydrogen-bond donors (Lipinski definition) is 1. The molecule has 3 aromatic rings. The second-order valence-electron chi connectivity index (χ2n) is 8.55. The van der Waals surface area contributed by atoms with Crippen molar-refractivity contribution in [3.63, 3.8) is 0 Å². The number of nitrogens with one attached hydrogen (secondary N) is 1. The number of amides is 2. The van der Waals surface area contributed by atoms with Gasteiger partial charge in [-0.25, -0.2) is 8.42 Å². The van der Waals surface area contributed by atoms with Gasteiger partial charge in [-0.05, 0) is 48.9 Å². The van der Waals surface area contributed by atoms with Crippen LogP contribution in [0.3, 0.4) is 0 Å². The summed E-state index contributed by atoms with van der Waals surface area (Å²) in [5, 5.41) is 4.22. The fraction of sp³-hybridized carbons (Fsp3) is 0.308. The lowest BCUT2D eigenvalue weighted by molar-refractivity contribution is -0.140. The molecule has 0 aromatic heterocycles. The lowest BCUT2D eigenvalue weighted by atomic mass is 10.1. The molecule has 1 atom stereocenters. The molecular weight excluding hydrogens is 450 g/mol. The predicted molar refractivity (Wildman–Crippen MR) is 133 cm³/mol. The lowest BCUT2D eigenvalue weighted by Gasteiger charge is -2.29. The Morgan fingerprint density at radius 1 is 1.03 bits per heavy atom. The van der Waals surface area contributed by atoms with E-state index in [4.69, 9.17) is 0 Å². The van der Waals surface area contributed by atoms with Crippen molar-refractivity contribution in [1.29, 1.82) is 0 Å². The molecule has 1 aliphatic rings. The second-order valence-corrected chi connectivity index (χ2v) is 10.4. The number of sulfonamides is 1. The Labute approximate surface area is 200 Å². The highest BCUT2D eigenvalue weighted by atomic mass is 32.2. The van der Waals surface area contributed by atoms with Crippen molar-refractivity contribution in [1.82, 2.24) is 10.2 Å². The summed E-state index contributed by atoms with van der Waals surface area (Å²) in [6.45, 7) is 4.18. The number of carbonyl (C=O) groups is 2. The number of anilines is 1. The van der Waals surface area contributed by atoms with E-state index in [1.165, 1.54) is 4.31 Å². The van der Waals surface area contributed by atoms with E-state index in [9.17, 15) is 18.0 Å². The van der Waals surface area contributed by atoms with E-state index in [0.29, 0.717) is 23.5 Å². The molecule has 0 fully saturated rings. The third kappa shape index (κ3) is 4.25. The van der Waals surface area contributed by atoms with Crippen molar-refractivity contribution in [2.75, 3.05) is 17.9 Å². The highest BCUT2D eigenvalue weighted by Gasteiger charge is 2.35. The molecule has 1 N–H and O–H groups in total. The molecule has 0 spiro atoms. The van der Waals surface area contributed by atoms with Crippen LogP contribution in [0.5, 0.6) is 0 Å². The SMILES string of the molecule is CNC(=O)C(C)N(Cc1ccccc1C)C(=O)CCCN1c2cccc3cccc(c23)S1(=O)=O. The zero-order valence-electron chi connectivity index (χ0n) is 19.6. The summed E-state index contributed by atoms with van der Waals surface area (Å²) in [5.74, 6) is -0.433. The zero-order valence-corrected chi connectivity index (χ0v) is 20.4. The Hall–Kier alpha value is -3.39. The molecular formula is C26H29N3O4S. The van der Waals surface area contributed by atoms with E-state index in [0.717, 1.165) is 21.9 Å². The summed E-state index contributed by atoms with van der Waals surface area (Å²) in [5.41, 5.74) is 2.66. The van der Waals surface area contributed by atoms with Crippen LogP contribution in [0.2, 0.25) is 0 Å². The Morgan fingerprint density at radius 3 is 2.44 bits per heavy atom. The van der Waals surface area contributed by atoms with Gasteiger partial charge in [0.05, 0.1) is 10.6 Å². The van der Waals surface area contributed by atoms with Gasteiger partial charge in [0.15, 0.2) is 0 Å². The third-order valence-corrected chi connectivity index (χ3v) is 8.30. The minimum atomic E-state index is -3.66. The molecule has 0 aliphatic carbocycles. The normalized spacial score (nSPS) is 14.7. The van der Waals surface area contributed by atoms with Gasteiger partial charge in [0.25, 0.3) is 10.0 Å². The third-order valence-electron chi connectivity index (χ3n) is 6.45. The zero-order chi connectivity index (χ0) is 24.5. The topological polar surface area (TPSA) is 86.8 Å². The summed E-state index contributed by atoms with van der Waals surface area (Å²) < 4.78 is 27.7. The van der Waals surface area contributed by atoms with E-state index in [1.54, 1.807) is 37.1 Å². The molecule has 0 bridgehead atoms. The van der Waals surface area contributed by atoms with Crippen molar-refractivity contribution in [3.05, 3.63) is 71.8 Å². The van der Waals surface area contributed by atoms with Gasteiger partial charge in [-0.1, -0.05) is 48.5 Å². The molecule has 3 aromatic carbocycles. The van der Waals surface area contributed by atoms with E-state index in [1.807, 2.05) is 49.4 Å². The number of benzene rings is 3. The largest absolute Gasteiger partial charge is 0.357 e. The highest BCUT2D eigenvalue weighted by Crippen LogP contribution is 2.42. The summed E-state index contributed by atoms with van der Waals surface area (Å²) in [4.78, 5) is 27.5. The average molecular weight is 480 g/mol. The second kappa shape index (κ2) is 9.46. The molecule has 0 radical (unpaired) electrons. The van der Waals surface area contributed by atoms with Crippen molar-refractivity contribution in [2.24, 2.45) is 0 Å². The van der Waals surface area contributed by atoms with Crippen LogP contribution in [0.1, 0.15) is 30.9 Å². The molecule has 1 unspecified atom stereocenters. The lowest BCUT2D eigenvalue weighted by Crippen LogP contribution is -2.47. The maximum atomic E-state index is 13.2. The van der Waals surface area contributed by atoms with Crippen LogP contribution >= 0.6 is 0 Å². The van der Waals surface area contributed by atoms with Crippen LogP contribution in [0.15, 0.2) is 65.6 Å². The number of nitrogens with zero attached hydrogens (tertiary/aromatic N) is 2. The molecule has 1 aliphatic heterocycles. The van der Waals surface area contributed by atoms with Crippen LogP contribution in [-0.2, 0) is 26.2 Å². The van der Waals surface area contributed by atoms with Crippen LogP contribution in [0, 0.1) is 6.92 Å². The van der Waals surface area contributed by atoms with Crippen LogP contribution in [0.25, 0.3) is 10.8 Å². The standard InChI is InChI=1S/C26H29N3O4S/c1-18-9-4-5-10-21(18)17-28(19(2)26(31)27-3)24(30)15-8-16-29-22-13-6-11-20-12-7-14-23(25(20)22)34(29,32)33/h4-7,9-14,19H,8,15-17H2,1-3H3,(H,27,31). The quantitative estimate of drug-likeness (QED) is 0.535. The Bertz CT molecular complexity index is 1350. The molecule has 7 nitrogen and oxygen atoms in total. The first kappa shape index (κ1) is 23.8. The summed E-state index contributed by atoms with van der Waals surface area (Å²) in [7, 11) is -2.11. The molecule has 178 valence electrons. The van der Waals surface area contributed by atoms with Gasteiger partial charge in [-0.3, -0.25) is 13.9 Å². The molecule has 4 rings (SSSR count). The van der Waals surface area contributed by atoms with Crippen LogP contribution in [0.4, 0.5) is 5.69 Å². The van der Waals surface area contributed by atoms with Gasteiger partial charge in [-0.15, -0.1) is 0 Å². The van der Waals surface area contributed by atoms with E-state index >= 15 is 0 Å². The number of rotatable bonds is 8. The minimum absolute atomic E-state index is 0.131. The molecule has 8 heteroatoms. The van der Waals surface area contributed by atoms with Crippen molar-refractivity contribution < 1.29 is 18.0 Å². The Morgan fingerprint density at radius 2 is 1.74 bits per heavy atom. The van der Waals surface area contributed by atoms with E-state index in [2.05, 4.69) is 5.32 Å². The molecule has 0 saturated carbocycles. The van der Waals surface area contributed by atoms with E-state index in [-0.39, 0.29) is 24.8 Å². The predicted octanol–water partition coefficient (Wildman–Crippen LogP) is 3.60. The van der Waals surface area contributed by atoms with Crippen molar-refractivity contribution in [2.45, 2.75) is 44.2 Å². The van der Waals surface area contributed by atoms with Gasteiger partial charge < -0.3 is 10.2 Å². The highest BCUT2D eigenvalue weighted by molar-refractivity contribution is 7.93. The minimum Gasteiger partial charge on any atom is -0.357 e. The Balaban J connectivity index is 1.51.